The van der Waals surface area contributed by atoms with Gasteiger partial charge in [-0.25, -0.2) is 0 Å². The van der Waals surface area contributed by atoms with E-state index in [1.807, 2.05) is 26.4 Å². The summed E-state index contributed by atoms with van der Waals surface area (Å²) in [5.74, 6) is 2.94. The van der Waals surface area contributed by atoms with Crippen molar-refractivity contribution in [2.45, 2.75) is 20.3 Å². The second-order valence-corrected chi connectivity index (χ2v) is 10.4. The lowest BCUT2D eigenvalue weighted by Gasteiger charge is -2.06. The van der Waals surface area contributed by atoms with Crippen LogP contribution in [0.4, 0.5) is 0 Å². The molecular weight excluding hydrogens is 204 g/mol. The van der Waals surface area contributed by atoms with Crippen LogP contribution in [0.25, 0.3) is 0 Å². The minimum absolute atomic E-state index is 0.730. The summed E-state index contributed by atoms with van der Waals surface area (Å²) in [4.78, 5) is 0. The molecule has 0 spiro atoms. The lowest BCUT2D eigenvalue weighted by molar-refractivity contribution is 0.584. The van der Waals surface area contributed by atoms with E-state index < -0.39 is 19.9 Å². The van der Waals surface area contributed by atoms with Crippen molar-refractivity contribution in [1.29, 1.82) is 0 Å². The lowest BCUT2D eigenvalue weighted by atomic mass is 10.6. The van der Waals surface area contributed by atoms with Crippen molar-refractivity contribution >= 4 is 19.9 Å². The molecule has 0 aliphatic carbocycles. The lowest BCUT2D eigenvalue weighted by Crippen LogP contribution is -2.22. The van der Waals surface area contributed by atoms with Gasteiger partial charge in [-0.05, 0) is 13.8 Å². The van der Waals surface area contributed by atoms with E-state index in [1.54, 1.807) is 0 Å². The summed E-state index contributed by atoms with van der Waals surface area (Å²) in [7, 11) is -3.25. The third-order valence-corrected chi connectivity index (χ3v) is 7.12. The average molecular weight is 226 g/mol. The Bertz CT molecular complexity index is 212. The van der Waals surface area contributed by atoms with Gasteiger partial charge in [0, 0.05) is 6.42 Å². The van der Waals surface area contributed by atoms with E-state index >= 15 is 0 Å². The first-order valence-electron chi connectivity index (χ1n) is 4.72. The molecule has 0 amide bonds. The van der Waals surface area contributed by atoms with Gasteiger partial charge in [-0.1, -0.05) is 0 Å². The Morgan fingerprint density at radius 3 is 1.38 bits per heavy atom. The molecule has 2 atom stereocenters. The largest absolute Gasteiger partial charge is 0.116 e. The average Bonchev–Trinajstić information content (AvgIpc) is 2.04. The fraction of sp³-hybridized carbons (Fsp3) is 1.00. The van der Waals surface area contributed by atoms with Crippen LogP contribution in [0, 0.1) is 0 Å². The van der Waals surface area contributed by atoms with Crippen molar-refractivity contribution in [2.24, 2.45) is 0 Å². The fourth-order valence-corrected chi connectivity index (χ4v) is 3.23. The van der Waals surface area contributed by atoms with E-state index in [2.05, 4.69) is 0 Å². The first-order chi connectivity index (χ1) is 5.83. The van der Waals surface area contributed by atoms with E-state index in [0.29, 0.717) is 0 Å². The molecule has 0 radical (unpaired) electrons. The summed E-state index contributed by atoms with van der Waals surface area (Å²) in [5.41, 5.74) is 0. The van der Waals surface area contributed by atoms with E-state index in [-0.39, 0.29) is 0 Å². The second kappa shape index (κ2) is 5.25. The molecule has 2 unspecified atom stereocenters. The Hall–Kier alpha value is 0.300. The maximum Gasteiger partial charge on any atom is 0.116 e. The summed E-state index contributed by atoms with van der Waals surface area (Å²) >= 11 is 0. The molecule has 0 aliphatic rings. The van der Waals surface area contributed by atoms with Gasteiger partial charge in [0.25, 0.3) is 0 Å². The normalized spacial score (nSPS) is 20.6. The molecule has 0 rings (SSSR count). The molecule has 0 bridgehead atoms. The highest BCUT2D eigenvalue weighted by atomic mass is 32.2. The molecule has 0 heterocycles. The molecule has 2 nitrogen and oxygen atoms in total. The third-order valence-electron chi connectivity index (χ3n) is 2.37. The van der Waals surface area contributed by atoms with Crippen LogP contribution < -0.4 is 0 Å². The molecule has 0 aromatic heterocycles. The quantitative estimate of drug-likeness (QED) is 0.646. The molecule has 0 aliphatic heterocycles. The molecule has 0 saturated heterocycles. The zero-order chi connectivity index (χ0) is 10.5. The summed E-state index contributed by atoms with van der Waals surface area (Å²) in [6.45, 7) is 3.90. The molecular formula is C9H22O2S2+2. The molecule has 0 fully saturated rings. The summed E-state index contributed by atoms with van der Waals surface area (Å²) in [6.07, 6.45) is 4.47. The Morgan fingerprint density at radius 2 is 1.15 bits per heavy atom. The number of hydrogen-bond acceptors (Lipinski definition) is 2. The molecule has 4 heteroatoms. The predicted molar refractivity (Wildman–Crippen MR) is 63.4 cm³/mol. The minimum atomic E-state index is -1.63. The Balaban J connectivity index is 3.81. The van der Waals surface area contributed by atoms with Gasteiger partial charge in [-0.3, -0.25) is 0 Å². The van der Waals surface area contributed by atoms with Crippen LogP contribution in [-0.2, 0) is 28.3 Å². The smallest absolute Gasteiger partial charge is 0.106 e. The van der Waals surface area contributed by atoms with Gasteiger partial charge >= 0.3 is 0 Å². The Morgan fingerprint density at radius 1 is 0.846 bits per heavy atom. The van der Waals surface area contributed by atoms with Gasteiger partial charge in [-0.2, -0.15) is 0 Å². The molecule has 80 valence electrons. The van der Waals surface area contributed by atoms with Gasteiger partial charge in [0.05, 0.1) is 19.9 Å². The highest BCUT2D eigenvalue weighted by Gasteiger charge is 2.22. The first-order valence-corrected chi connectivity index (χ1v) is 9.33. The standard InChI is InChI=1S/C9H22O2S2/c1-5-12(3,10)8-7-9-13(4,11)6-2/h5-9H2,1-4H3/q+2. The van der Waals surface area contributed by atoms with Crippen LogP contribution >= 0.6 is 0 Å². The first kappa shape index (κ1) is 13.3. The third kappa shape index (κ3) is 6.38. The highest BCUT2D eigenvalue weighted by molar-refractivity contribution is 8.03. The van der Waals surface area contributed by atoms with Crippen molar-refractivity contribution in [3.63, 3.8) is 0 Å². The second-order valence-electron chi connectivity index (χ2n) is 3.71. The van der Waals surface area contributed by atoms with Crippen LogP contribution in [-0.4, -0.2) is 35.5 Å². The molecule has 0 aromatic carbocycles. The van der Waals surface area contributed by atoms with Crippen molar-refractivity contribution in [1.82, 2.24) is 0 Å². The van der Waals surface area contributed by atoms with Crippen molar-refractivity contribution in [3.05, 3.63) is 0 Å². The highest BCUT2D eigenvalue weighted by Crippen LogP contribution is 2.07. The SMILES string of the molecule is CC[S+](C)(=O)CCC[S+](C)(=O)CC. The van der Waals surface area contributed by atoms with Crippen LogP contribution in [0.2, 0.25) is 0 Å². The van der Waals surface area contributed by atoms with Gasteiger partial charge in [0.1, 0.15) is 35.5 Å². The monoisotopic (exact) mass is 226 g/mol. The zero-order valence-corrected chi connectivity index (χ0v) is 10.8. The number of hydrogen-bond donors (Lipinski definition) is 0. The van der Waals surface area contributed by atoms with Crippen LogP contribution in [0.5, 0.6) is 0 Å². The zero-order valence-electron chi connectivity index (χ0n) is 9.17. The topological polar surface area (TPSA) is 34.1 Å². The predicted octanol–water partition coefficient (Wildman–Crippen LogP) is 1.67. The van der Waals surface area contributed by atoms with Crippen molar-refractivity contribution in [3.8, 4) is 0 Å². The van der Waals surface area contributed by atoms with Gasteiger partial charge in [-0.15, -0.1) is 8.42 Å². The maximum absolute atomic E-state index is 11.6. The van der Waals surface area contributed by atoms with E-state index in [1.165, 1.54) is 0 Å². The summed E-state index contributed by atoms with van der Waals surface area (Å²) in [6, 6.07) is 0. The van der Waals surface area contributed by atoms with Gasteiger partial charge in [0.2, 0.25) is 0 Å². The van der Waals surface area contributed by atoms with Crippen LogP contribution in [0.1, 0.15) is 20.3 Å². The van der Waals surface area contributed by atoms with Crippen molar-refractivity contribution < 1.29 is 8.42 Å². The minimum Gasteiger partial charge on any atom is -0.106 e. The fourth-order valence-electron chi connectivity index (χ4n) is 0.958. The van der Waals surface area contributed by atoms with Gasteiger partial charge in [0.15, 0.2) is 0 Å². The maximum atomic E-state index is 11.6. The molecule has 0 N–H and O–H groups in total. The van der Waals surface area contributed by atoms with Crippen LogP contribution in [0.3, 0.4) is 0 Å². The van der Waals surface area contributed by atoms with Crippen molar-refractivity contribution in [2.75, 3.05) is 35.5 Å². The Kier molecular flexibility index (Phi) is 5.37. The van der Waals surface area contributed by atoms with E-state index in [0.717, 1.165) is 29.4 Å². The molecule has 13 heavy (non-hydrogen) atoms. The molecule has 0 aromatic rings. The Labute approximate surface area is 84.3 Å². The van der Waals surface area contributed by atoms with Crippen LogP contribution in [0.15, 0.2) is 0 Å². The summed E-state index contributed by atoms with van der Waals surface area (Å²) in [5, 5.41) is 0. The number of rotatable bonds is 6. The van der Waals surface area contributed by atoms with E-state index in [9.17, 15) is 8.42 Å². The molecule has 0 saturated carbocycles. The summed E-state index contributed by atoms with van der Waals surface area (Å²) < 4.78 is 23.3. The van der Waals surface area contributed by atoms with Gasteiger partial charge < -0.3 is 0 Å². The van der Waals surface area contributed by atoms with E-state index in [4.69, 9.17) is 0 Å².